The Bertz CT molecular complexity index is 497. The van der Waals surface area contributed by atoms with E-state index >= 15 is 0 Å². The minimum Gasteiger partial charge on any atom is -0.341 e. The molecule has 7 heteroatoms. The highest BCUT2D eigenvalue weighted by atomic mass is 16.6. The molecular formula is C12H18N4O3. The lowest BCUT2D eigenvalue weighted by Gasteiger charge is -2.33. The van der Waals surface area contributed by atoms with Gasteiger partial charge in [-0.1, -0.05) is 6.92 Å². The van der Waals surface area contributed by atoms with E-state index in [1.54, 1.807) is 7.05 Å². The standard InChI is InChI=1S/C12H18N4O3/c1-3-10-11(16(18)19)12(14(2)13-10)15-7-5-4-6-9(15)8-17/h8-9H,3-7H2,1-2H3. The molecule has 0 amide bonds. The molecule has 0 radical (unpaired) electrons. The van der Waals surface area contributed by atoms with Crippen molar-refractivity contribution in [1.82, 2.24) is 9.78 Å². The Balaban J connectivity index is 2.50. The number of anilines is 1. The Morgan fingerprint density at radius 3 is 2.84 bits per heavy atom. The molecule has 0 bridgehead atoms. The summed E-state index contributed by atoms with van der Waals surface area (Å²) in [6.45, 7) is 2.50. The molecule has 1 aromatic rings. The molecule has 0 spiro atoms. The van der Waals surface area contributed by atoms with Crippen LogP contribution in [0.3, 0.4) is 0 Å². The number of rotatable bonds is 4. The highest BCUT2D eigenvalue weighted by Crippen LogP contribution is 2.34. The largest absolute Gasteiger partial charge is 0.341 e. The summed E-state index contributed by atoms with van der Waals surface area (Å²) in [6.07, 6.45) is 4.04. The average Bonchev–Trinajstić information content (AvgIpc) is 2.75. The van der Waals surface area contributed by atoms with E-state index < -0.39 is 4.92 Å². The molecule has 1 fully saturated rings. The van der Waals surface area contributed by atoms with Gasteiger partial charge in [0.05, 0.1) is 11.0 Å². The Hall–Kier alpha value is -1.92. The van der Waals surface area contributed by atoms with Gasteiger partial charge in [-0.15, -0.1) is 0 Å². The van der Waals surface area contributed by atoms with Gasteiger partial charge < -0.3 is 9.69 Å². The van der Waals surface area contributed by atoms with Crippen molar-refractivity contribution < 1.29 is 9.72 Å². The first-order valence-electron chi connectivity index (χ1n) is 6.52. The number of carbonyl (C=O) groups is 1. The number of nitrogens with zero attached hydrogens (tertiary/aromatic N) is 4. The maximum absolute atomic E-state index is 11.3. The van der Waals surface area contributed by atoms with E-state index in [1.807, 2.05) is 11.8 Å². The Morgan fingerprint density at radius 1 is 1.53 bits per heavy atom. The zero-order chi connectivity index (χ0) is 14.0. The zero-order valence-corrected chi connectivity index (χ0v) is 11.2. The van der Waals surface area contributed by atoms with Gasteiger partial charge in [0.15, 0.2) is 0 Å². The van der Waals surface area contributed by atoms with Gasteiger partial charge in [-0.25, -0.2) is 4.68 Å². The molecule has 1 aromatic heterocycles. The van der Waals surface area contributed by atoms with Crippen LogP contribution in [0.25, 0.3) is 0 Å². The number of aromatic nitrogens is 2. The average molecular weight is 266 g/mol. The maximum atomic E-state index is 11.3. The second-order valence-electron chi connectivity index (χ2n) is 4.75. The lowest BCUT2D eigenvalue weighted by molar-refractivity contribution is -0.384. The van der Waals surface area contributed by atoms with E-state index in [9.17, 15) is 14.9 Å². The van der Waals surface area contributed by atoms with Crippen molar-refractivity contribution in [2.24, 2.45) is 7.05 Å². The van der Waals surface area contributed by atoms with Gasteiger partial charge in [-0.05, 0) is 25.7 Å². The quantitative estimate of drug-likeness (QED) is 0.468. The van der Waals surface area contributed by atoms with E-state index in [-0.39, 0.29) is 11.7 Å². The SMILES string of the molecule is CCc1nn(C)c(N2CCCCC2C=O)c1[N+](=O)[O-]. The molecule has 0 aliphatic carbocycles. The van der Waals surface area contributed by atoms with E-state index in [2.05, 4.69) is 5.10 Å². The third kappa shape index (κ3) is 2.32. The number of piperidine rings is 1. The predicted molar refractivity (Wildman–Crippen MR) is 70.3 cm³/mol. The van der Waals surface area contributed by atoms with Gasteiger partial charge in [0.25, 0.3) is 0 Å². The summed E-state index contributed by atoms with van der Waals surface area (Å²) < 4.78 is 1.53. The number of carbonyl (C=O) groups excluding carboxylic acids is 1. The molecule has 1 saturated heterocycles. The maximum Gasteiger partial charge on any atom is 0.334 e. The Morgan fingerprint density at radius 2 is 2.26 bits per heavy atom. The lowest BCUT2D eigenvalue weighted by atomic mass is 10.0. The molecular weight excluding hydrogens is 248 g/mol. The predicted octanol–water partition coefficient (Wildman–Crippen LogP) is 1.45. The van der Waals surface area contributed by atoms with Crippen molar-refractivity contribution >= 4 is 17.8 Å². The minimum atomic E-state index is -0.391. The summed E-state index contributed by atoms with van der Waals surface area (Å²) in [6, 6.07) is -0.285. The monoisotopic (exact) mass is 266 g/mol. The number of hydrogen-bond donors (Lipinski definition) is 0. The van der Waals surface area contributed by atoms with Crippen molar-refractivity contribution in [2.45, 2.75) is 38.6 Å². The fraction of sp³-hybridized carbons (Fsp3) is 0.667. The fourth-order valence-electron chi connectivity index (χ4n) is 2.67. The Kier molecular flexibility index (Phi) is 3.82. The van der Waals surface area contributed by atoms with Gasteiger partial charge in [0.2, 0.25) is 5.82 Å². The summed E-state index contributed by atoms with van der Waals surface area (Å²) in [7, 11) is 1.69. The van der Waals surface area contributed by atoms with E-state index in [0.717, 1.165) is 25.5 Å². The van der Waals surface area contributed by atoms with Crippen LogP contribution in [0.1, 0.15) is 31.9 Å². The molecule has 1 aliphatic rings. The molecule has 0 N–H and O–H groups in total. The summed E-state index contributed by atoms with van der Waals surface area (Å²) in [5, 5.41) is 15.5. The van der Waals surface area contributed by atoms with Crippen LogP contribution in [0.15, 0.2) is 0 Å². The van der Waals surface area contributed by atoms with Gasteiger partial charge in [-0.2, -0.15) is 5.10 Å². The van der Waals surface area contributed by atoms with Crippen molar-refractivity contribution in [3.05, 3.63) is 15.8 Å². The van der Waals surface area contributed by atoms with Crippen LogP contribution in [0.5, 0.6) is 0 Å². The van der Waals surface area contributed by atoms with E-state index in [1.165, 1.54) is 4.68 Å². The number of nitro groups is 1. The molecule has 0 aromatic carbocycles. The normalized spacial score (nSPS) is 19.5. The van der Waals surface area contributed by atoms with E-state index in [4.69, 9.17) is 0 Å². The zero-order valence-electron chi connectivity index (χ0n) is 11.2. The topological polar surface area (TPSA) is 81.3 Å². The molecule has 104 valence electrons. The summed E-state index contributed by atoms with van der Waals surface area (Å²) in [5.74, 6) is 0.457. The van der Waals surface area contributed by atoms with Gasteiger partial charge >= 0.3 is 5.69 Å². The third-order valence-corrected chi connectivity index (χ3v) is 3.56. The third-order valence-electron chi connectivity index (χ3n) is 3.56. The second kappa shape index (κ2) is 5.38. The molecule has 7 nitrogen and oxygen atoms in total. The Labute approximate surface area is 111 Å². The van der Waals surface area contributed by atoms with Crippen LogP contribution in [0.4, 0.5) is 11.5 Å². The summed E-state index contributed by atoms with van der Waals surface area (Å²) in [5.41, 5.74) is 0.511. The second-order valence-corrected chi connectivity index (χ2v) is 4.75. The molecule has 0 saturated carbocycles. The van der Waals surface area contributed by atoms with Crippen molar-refractivity contribution in [3.63, 3.8) is 0 Å². The molecule has 1 atom stereocenters. The molecule has 2 heterocycles. The van der Waals surface area contributed by atoms with Gasteiger partial charge in [0.1, 0.15) is 12.0 Å². The van der Waals surface area contributed by atoms with Crippen LogP contribution >= 0.6 is 0 Å². The first kappa shape index (κ1) is 13.5. The smallest absolute Gasteiger partial charge is 0.334 e. The van der Waals surface area contributed by atoms with Crippen molar-refractivity contribution in [1.29, 1.82) is 0 Å². The highest BCUT2D eigenvalue weighted by Gasteiger charge is 2.34. The van der Waals surface area contributed by atoms with Crippen LogP contribution in [0, 0.1) is 10.1 Å². The highest BCUT2D eigenvalue weighted by molar-refractivity contribution is 5.70. The number of hydrogen-bond acceptors (Lipinski definition) is 5. The number of aldehydes is 1. The lowest BCUT2D eigenvalue weighted by Crippen LogP contribution is -2.42. The van der Waals surface area contributed by atoms with E-state index in [0.29, 0.717) is 24.5 Å². The minimum absolute atomic E-state index is 0.0405. The molecule has 1 aliphatic heterocycles. The van der Waals surface area contributed by atoms with Gasteiger partial charge in [0, 0.05) is 13.6 Å². The van der Waals surface area contributed by atoms with Crippen LogP contribution in [0.2, 0.25) is 0 Å². The summed E-state index contributed by atoms with van der Waals surface area (Å²) in [4.78, 5) is 23.9. The molecule has 19 heavy (non-hydrogen) atoms. The summed E-state index contributed by atoms with van der Waals surface area (Å²) >= 11 is 0. The molecule has 2 rings (SSSR count). The first-order chi connectivity index (χ1) is 9.10. The van der Waals surface area contributed by atoms with Crippen LogP contribution < -0.4 is 4.90 Å². The molecule has 1 unspecified atom stereocenters. The number of aryl methyl sites for hydroxylation is 2. The van der Waals surface area contributed by atoms with Gasteiger partial charge in [-0.3, -0.25) is 10.1 Å². The van der Waals surface area contributed by atoms with Crippen molar-refractivity contribution in [2.75, 3.05) is 11.4 Å². The van der Waals surface area contributed by atoms with Crippen LogP contribution in [-0.2, 0) is 18.3 Å². The first-order valence-corrected chi connectivity index (χ1v) is 6.52. The van der Waals surface area contributed by atoms with Crippen molar-refractivity contribution in [3.8, 4) is 0 Å². The fourth-order valence-corrected chi connectivity index (χ4v) is 2.67. The van der Waals surface area contributed by atoms with Crippen LogP contribution in [-0.4, -0.2) is 33.6 Å².